The normalized spacial score (nSPS) is 14.1. The molecule has 8 heteroatoms. The highest BCUT2D eigenvalue weighted by Gasteiger charge is 2.30. The number of amides is 1. The average Bonchev–Trinajstić information content (AvgIpc) is 3.24. The number of anilines is 1. The van der Waals surface area contributed by atoms with Gasteiger partial charge in [0.2, 0.25) is 11.1 Å². The van der Waals surface area contributed by atoms with Crippen molar-refractivity contribution in [2.75, 3.05) is 16.9 Å². The lowest BCUT2D eigenvalue weighted by Crippen LogP contribution is -2.17. The first kappa shape index (κ1) is 14.8. The summed E-state index contributed by atoms with van der Waals surface area (Å²) in [4.78, 5) is 11.9. The van der Waals surface area contributed by atoms with Gasteiger partial charge in [-0.25, -0.2) is 9.07 Å². The zero-order valence-electron chi connectivity index (χ0n) is 12.0. The second kappa shape index (κ2) is 5.96. The molecular weight excluding hydrogens is 305 g/mol. The summed E-state index contributed by atoms with van der Waals surface area (Å²) in [5.41, 5.74) is 0.970. The van der Waals surface area contributed by atoms with Gasteiger partial charge in [0.15, 0.2) is 5.82 Å². The molecule has 116 valence electrons. The van der Waals surface area contributed by atoms with Crippen LogP contribution in [0.2, 0.25) is 0 Å². The second-order valence-corrected chi connectivity index (χ2v) is 6.25. The average molecular weight is 321 g/mol. The molecule has 1 aliphatic carbocycles. The predicted octanol–water partition coefficient (Wildman–Crippen LogP) is 2.05. The molecule has 0 unspecified atom stereocenters. The van der Waals surface area contributed by atoms with E-state index in [-0.39, 0.29) is 17.3 Å². The number of nitrogens with two attached hydrogens (primary N) is 1. The van der Waals surface area contributed by atoms with E-state index in [0.717, 1.165) is 24.2 Å². The van der Waals surface area contributed by atoms with Gasteiger partial charge in [-0.2, -0.15) is 0 Å². The number of benzene rings is 1. The summed E-state index contributed by atoms with van der Waals surface area (Å²) >= 11 is 1.18. The number of carbonyl (C=O) groups excluding carboxylic acids is 1. The fraction of sp³-hybridized carbons (Fsp3) is 0.357. The van der Waals surface area contributed by atoms with E-state index in [2.05, 4.69) is 15.5 Å². The molecule has 1 aromatic heterocycles. The minimum atomic E-state index is -0.448. The number of rotatable bonds is 5. The summed E-state index contributed by atoms with van der Waals surface area (Å²) in [5, 5.41) is 11.0. The Morgan fingerprint density at radius 1 is 1.50 bits per heavy atom. The Kier molecular flexibility index (Phi) is 4.02. The van der Waals surface area contributed by atoms with E-state index in [0.29, 0.717) is 11.1 Å². The number of aryl methyl sites for hydroxylation is 1. The molecule has 0 bridgehead atoms. The minimum Gasteiger partial charge on any atom is -0.336 e. The van der Waals surface area contributed by atoms with Gasteiger partial charge in [-0.05, 0) is 37.5 Å². The number of carbonyl (C=O) groups is 1. The standard InChI is InChI=1S/C14H16FN5OS/c1-8-2-5-11(10(15)6-8)17-12(21)7-22-14-19-18-13(20(14)16)9-3-4-9/h2,5-6,9H,3-4,7,16H2,1H3,(H,17,21). The monoisotopic (exact) mass is 321 g/mol. The molecule has 1 fully saturated rings. The van der Waals surface area contributed by atoms with Crippen LogP contribution in [0.1, 0.15) is 30.1 Å². The highest BCUT2D eigenvalue weighted by atomic mass is 32.2. The van der Waals surface area contributed by atoms with E-state index in [4.69, 9.17) is 5.84 Å². The number of hydrogen-bond donors (Lipinski definition) is 2. The summed E-state index contributed by atoms with van der Waals surface area (Å²) < 4.78 is 15.1. The molecule has 22 heavy (non-hydrogen) atoms. The molecule has 6 nitrogen and oxygen atoms in total. The third-order valence-electron chi connectivity index (χ3n) is 3.36. The fourth-order valence-corrected chi connectivity index (χ4v) is 2.71. The Bertz CT molecular complexity index is 713. The number of aromatic nitrogens is 3. The van der Waals surface area contributed by atoms with E-state index < -0.39 is 5.82 Å². The molecule has 0 atom stereocenters. The fourth-order valence-electron chi connectivity index (χ4n) is 2.04. The second-order valence-electron chi connectivity index (χ2n) is 5.31. The van der Waals surface area contributed by atoms with Gasteiger partial charge in [0.1, 0.15) is 5.82 Å². The molecule has 1 aliphatic rings. The van der Waals surface area contributed by atoms with Crippen LogP contribution >= 0.6 is 11.8 Å². The van der Waals surface area contributed by atoms with Crippen LogP contribution in [0.5, 0.6) is 0 Å². The van der Waals surface area contributed by atoms with Gasteiger partial charge >= 0.3 is 0 Å². The summed E-state index contributed by atoms with van der Waals surface area (Å²) in [6.07, 6.45) is 2.15. The lowest BCUT2D eigenvalue weighted by molar-refractivity contribution is -0.113. The molecule has 0 radical (unpaired) electrons. The number of nitrogens with one attached hydrogen (secondary N) is 1. The van der Waals surface area contributed by atoms with Gasteiger partial charge in [0.25, 0.3) is 0 Å². The largest absolute Gasteiger partial charge is 0.336 e. The number of nitrogen functional groups attached to an aromatic ring is 1. The summed E-state index contributed by atoms with van der Waals surface area (Å²) in [7, 11) is 0. The molecule has 3 rings (SSSR count). The molecule has 0 saturated heterocycles. The Morgan fingerprint density at radius 2 is 2.27 bits per heavy atom. The van der Waals surface area contributed by atoms with Crippen molar-refractivity contribution in [2.45, 2.75) is 30.8 Å². The maximum absolute atomic E-state index is 13.7. The van der Waals surface area contributed by atoms with Crippen molar-refractivity contribution in [1.82, 2.24) is 14.9 Å². The summed E-state index contributed by atoms with van der Waals surface area (Å²) in [6.45, 7) is 1.79. The van der Waals surface area contributed by atoms with Crippen molar-refractivity contribution in [1.29, 1.82) is 0 Å². The van der Waals surface area contributed by atoms with Crippen molar-refractivity contribution < 1.29 is 9.18 Å². The van der Waals surface area contributed by atoms with Crippen molar-refractivity contribution >= 4 is 23.4 Å². The van der Waals surface area contributed by atoms with Crippen LogP contribution in [-0.2, 0) is 4.79 Å². The predicted molar refractivity (Wildman–Crippen MR) is 82.6 cm³/mol. The summed E-state index contributed by atoms with van der Waals surface area (Å²) in [6, 6.07) is 4.66. The zero-order chi connectivity index (χ0) is 15.7. The van der Waals surface area contributed by atoms with Gasteiger partial charge in [-0.3, -0.25) is 4.79 Å². The number of nitrogens with zero attached hydrogens (tertiary/aromatic N) is 3. The molecule has 3 N–H and O–H groups in total. The van der Waals surface area contributed by atoms with Crippen molar-refractivity contribution in [2.24, 2.45) is 0 Å². The highest BCUT2D eigenvalue weighted by molar-refractivity contribution is 7.99. The Hall–Kier alpha value is -2.09. The van der Waals surface area contributed by atoms with Crippen LogP contribution < -0.4 is 11.2 Å². The first-order valence-corrected chi connectivity index (χ1v) is 7.92. The van der Waals surface area contributed by atoms with Crippen molar-refractivity contribution in [3.05, 3.63) is 35.4 Å². The molecule has 1 aromatic carbocycles. The van der Waals surface area contributed by atoms with Crippen LogP contribution in [0.25, 0.3) is 0 Å². The Balaban J connectivity index is 1.58. The third kappa shape index (κ3) is 3.22. The first-order valence-electron chi connectivity index (χ1n) is 6.94. The van der Waals surface area contributed by atoms with Gasteiger partial charge in [0, 0.05) is 5.92 Å². The summed E-state index contributed by atoms with van der Waals surface area (Å²) in [5.74, 6) is 6.38. The van der Waals surface area contributed by atoms with Crippen molar-refractivity contribution in [3.8, 4) is 0 Å². The molecule has 0 aliphatic heterocycles. The molecular formula is C14H16FN5OS. The third-order valence-corrected chi connectivity index (χ3v) is 4.31. The van der Waals surface area contributed by atoms with Gasteiger partial charge in [-0.15, -0.1) is 10.2 Å². The van der Waals surface area contributed by atoms with Crippen LogP contribution in [-0.4, -0.2) is 26.5 Å². The molecule has 2 aromatic rings. The van der Waals surface area contributed by atoms with E-state index >= 15 is 0 Å². The molecule has 1 heterocycles. The smallest absolute Gasteiger partial charge is 0.234 e. The maximum atomic E-state index is 13.7. The highest BCUT2D eigenvalue weighted by Crippen LogP contribution is 2.39. The first-order chi connectivity index (χ1) is 10.5. The zero-order valence-corrected chi connectivity index (χ0v) is 12.9. The van der Waals surface area contributed by atoms with Crippen molar-refractivity contribution in [3.63, 3.8) is 0 Å². The SMILES string of the molecule is Cc1ccc(NC(=O)CSc2nnc(C3CC3)n2N)c(F)c1. The number of halogens is 1. The maximum Gasteiger partial charge on any atom is 0.234 e. The topological polar surface area (TPSA) is 85.8 Å². The lowest BCUT2D eigenvalue weighted by atomic mass is 10.2. The number of hydrogen-bond acceptors (Lipinski definition) is 5. The van der Waals surface area contributed by atoms with Crippen LogP contribution in [0.3, 0.4) is 0 Å². The van der Waals surface area contributed by atoms with E-state index in [9.17, 15) is 9.18 Å². The Morgan fingerprint density at radius 3 is 2.95 bits per heavy atom. The van der Waals surface area contributed by atoms with E-state index in [1.165, 1.54) is 22.5 Å². The lowest BCUT2D eigenvalue weighted by Gasteiger charge is -2.07. The van der Waals surface area contributed by atoms with Gasteiger partial charge < -0.3 is 11.2 Å². The van der Waals surface area contributed by atoms with Gasteiger partial charge in [-0.1, -0.05) is 17.8 Å². The minimum absolute atomic E-state index is 0.0906. The number of thioether (sulfide) groups is 1. The van der Waals surface area contributed by atoms with Crippen LogP contribution in [0.4, 0.5) is 10.1 Å². The van der Waals surface area contributed by atoms with Crippen LogP contribution in [0, 0.1) is 12.7 Å². The quantitative estimate of drug-likeness (QED) is 0.650. The molecule has 0 spiro atoms. The van der Waals surface area contributed by atoms with E-state index in [1.54, 1.807) is 19.1 Å². The molecule has 1 amide bonds. The van der Waals surface area contributed by atoms with E-state index in [1.807, 2.05) is 0 Å². The van der Waals surface area contributed by atoms with Crippen LogP contribution in [0.15, 0.2) is 23.4 Å². The molecule has 1 saturated carbocycles. The van der Waals surface area contributed by atoms with Gasteiger partial charge in [0.05, 0.1) is 11.4 Å². The Labute approximate surface area is 131 Å².